The van der Waals surface area contributed by atoms with Gasteiger partial charge in [-0.3, -0.25) is 4.79 Å². The average molecular weight is 279 g/mol. The predicted octanol–water partition coefficient (Wildman–Crippen LogP) is 2.77. The summed E-state index contributed by atoms with van der Waals surface area (Å²) >= 11 is 0. The summed E-state index contributed by atoms with van der Waals surface area (Å²) in [5.74, 6) is 0.206. The number of amides is 1. The molecule has 110 valence electrons. The minimum Gasteiger partial charge on any atom is -0.482 e. The first-order valence-electron chi connectivity index (χ1n) is 6.63. The maximum absolute atomic E-state index is 11.8. The summed E-state index contributed by atoms with van der Waals surface area (Å²) in [5.41, 5.74) is 0.675. The molecule has 0 saturated heterocycles. The molecule has 1 atom stereocenters. The molecule has 0 aliphatic carbocycles. The molecule has 2 N–H and O–H groups in total. The van der Waals surface area contributed by atoms with Gasteiger partial charge >= 0.3 is 5.97 Å². The van der Waals surface area contributed by atoms with Crippen LogP contribution in [0.4, 0.5) is 5.69 Å². The molecule has 0 spiro atoms. The number of anilines is 1. The number of hydrogen-bond acceptors (Lipinski definition) is 3. The average Bonchev–Trinajstić information content (AvgIpc) is 2.37. The molecule has 0 heterocycles. The topological polar surface area (TPSA) is 75.6 Å². The number of carboxylic acids is 1. The van der Waals surface area contributed by atoms with Crippen LogP contribution < -0.4 is 10.1 Å². The van der Waals surface area contributed by atoms with E-state index in [9.17, 15) is 9.59 Å². The van der Waals surface area contributed by atoms with Gasteiger partial charge in [-0.2, -0.15) is 0 Å². The molecule has 20 heavy (non-hydrogen) atoms. The van der Waals surface area contributed by atoms with Crippen molar-refractivity contribution in [2.24, 2.45) is 11.8 Å². The third kappa shape index (κ3) is 5.73. The standard InChI is InChI=1S/C15H21NO4/c1-10(2)11(3)8-14(17)16-12-4-6-13(7-5-12)20-9-15(18)19/h4-7,10-11H,8-9H2,1-3H3,(H,16,17)(H,18,19). The van der Waals surface area contributed by atoms with E-state index in [-0.39, 0.29) is 12.5 Å². The molecule has 1 aromatic rings. The SMILES string of the molecule is CC(C)C(C)CC(=O)Nc1ccc(OCC(=O)O)cc1. The van der Waals surface area contributed by atoms with Gasteiger partial charge in [0.15, 0.2) is 6.61 Å². The molecule has 1 aromatic carbocycles. The van der Waals surface area contributed by atoms with E-state index in [4.69, 9.17) is 9.84 Å². The Bertz CT molecular complexity index is 453. The number of carbonyl (C=O) groups is 2. The highest BCUT2D eigenvalue weighted by atomic mass is 16.5. The zero-order valence-electron chi connectivity index (χ0n) is 12.1. The number of ether oxygens (including phenoxy) is 1. The van der Waals surface area contributed by atoms with E-state index < -0.39 is 5.97 Å². The van der Waals surface area contributed by atoms with Crippen LogP contribution in [0.2, 0.25) is 0 Å². The molecular formula is C15H21NO4. The minimum atomic E-state index is -1.02. The van der Waals surface area contributed by atoms with Crippen molar-refractivity contribution in [1.82, 2.24) is 0 Å². The first-order valence-corrected chi connectivity index (χ1v) is 6.63. The molecule has 0 bridgehead atoms. The lowest BCUT2D eigenvalue weighted by atomic mass is 9.94. The molecule has 1 unspecified atom stereocenters. The van der Waals surface area contributed by atoms with Crippen molar-refractivity contribution in [2.45, 2.75) is 27.2 Å². The minimum absolute atomic E-state index is 0.0228. The summed E-state index contributed by atoms with van der Waals surface area (Å²) in [6.45, 7) is 5.85. The Hall–Kier alpha value is -2.04. The second-order valence-corrected chi connectivity index (χ2v) is 5.18. The Kier molecular flexibility index (Phi) is 6.03. The highest BCUT2D eigenvalue weighted by Crippen LogP contribution is 2.18. The van der Waals surface area contributed by atoms with Gasteiger partial charge in [-0.05, 0) is 36.1 Å². The van der Waals surface area contributed by atoms with Crippen LogP contribution in [0, 0.1) is 11.8 Å². The maximum atomic E-state index is 11.8. The van der Waals surface area contributed by atoms with Crippen LogP contribution in [-0.2, 0) is 9.59 Å². The smallest absolute Gasteiger partial charge is 0.341 e. The molecule has 1 rings (SSSR count). The van der Waals surface area contributed by atoms with Crippen LogP contribution in [0.1, 0.15) is 27.2 Å². The van der Waals surface area contributed by atoms with Crippen molar-refractivity contribution in [2.75, 3.05) is 11.9 Å². The number of hydrogen-bond donors (Lipinski definition) is 2. The van der Waals surface area contributed by atoms with E-state index in [0.717, 1.165) is 0 Å². The van der Waals surface area contributed by atoms with Gasteiger partial charge in [0, 0.05) is 12.1 Å². The summed E-state index contributed by atoms with van der Waals surface area (Å²) in [6, 6.07) is 6.64. The van der Waals surface area contributed by atoms with Crippen molar-refractivity contribution in [3.8, 4) is 5.75 Å². The van der Waals surface area contributed by atoms with Gasteiger partial charge in [0.05, 0.1) is 0 Å². The Morgan fingerprint density at radius 1 is 1.20 bits per heavy atom. The van der Waals surface area contributed by atoms with E-state index in [2.05, 4.69) is 19.2 Å². The van der Waals surface area contributed by atoms with Gasteiger partial charge in [0.1, 0.15) is 5.75 Å². The Balaban J connectivity index is 2.48. The molecule has 0 aromatic heterocycles. The fraction of sp³-hybridized carbons (Fsp3) is 0.467. The zero-order valence-corrected chi connectivity index (χ0v) is 12.1. The van der Waals surface area contributed by atoms with Crippen LogP contribution in [0.3, 0.4) is 0 Å². The summed E-state index contributed by atoms with van der Waals surface area (Å²) < 4.78 is 5.01. The van der Waals surface area contributed by atoms with E-state index in [0.29, 0.717) is 29.7 Å². The summed E-state index contributed by atoms with van der Waals surface area (Å²) in [5, 5.41) is 11.3. The van der Waals surface area contributed by atoms with Gasteiger partial charge in [-0.15, -0.1) is 0 Å². The number of nitrogens with one attached hydrogen (secondary N) is 1. The molecule has 0 radical (unpaired) electrons. The fourth-order valence-corrected chi connectivity index (χ4v) is 1.52. The van der Waals surface area contributed by atoms with Crippen LogP contribution in [-0.4, -0.2) is 23.6 Å². The molecule has 0 aliphatic rings. The third-order valence-corrected chi connectivity index (χ3v) is 3.15. The quantitative estimate of drug-likeness (QED) is 0.804. The molecule has 5 heteroatoms. The second-order valence-electron chi connectivity index (χ2n) is 5.18. The van der Waals surface area contributed by atoms with Crippen LogP contribution in [0.5, 0.6) is 5.75 Å². The number of benzene rings is 1. The molecule has 1 amide bonds. The number of aliphatic carboxylic acids is 1. The monoisotopic (exact) mass is 279 g/mol. The van der Waals surface area contributed by atoms with Gasteiger partial charge < -0.3 is 15.2 Å². The Morgan fingerprint density at radius 3 is 2.30 bits per heavy atom. The maximum Gasteiger partial charge on any atom is 0.341 e. The number of carbonyl (C=O) groups excluding carboxylic acids is 1. The van der Waals surface area contributed by atoms with Crippen molar-refractivity contribution >= 4 is 17.6 Å². The van der Waals surface area contributed by atoms with Crippen molar-refractivity contribution in [3.05, 3.63) is 24.3 Å². The molecule has 0 fully saturated rings. The molecule has 5 nitrogen and oxygen atoms in total. The van der Waals surface area contributed by atoms with Crippen molar-refractivity contribution in [1.29, 1.82) is 0 Å². The second kappa shape index (κ2) is 7.53. The predicted molar refractivity (Wildman–Crippen MR) is 76.8 cm³/mol. The summed E-state index contributed by atoms with van der Waals surface area (Å²) in [7, 11) is 0. The molecule has 0 aliphatic heterocycles. The Labute approximate surface area is 118 Å². The first kappa shape index (κ1) is 16.0. The van der Waals surface area contributed by atoms with Crippen molar-refractivity contribution in [3.63, 3.8) is 0 Å². The highest BCUT2D eigenvalue weighted by molar-refractivity contribution is 5.90. The van der Waals surface area contributed by atoms with Crippen LogP contribution in [0.15, 0.2) is 24.3 Å². The van der Waals surface area contributed by atoms with Gasteiger partial charge in [-0.25, -0.2) is 4.79 Å². The van der Waals surface area contributed by atoms with Gasteiger partial charge in [-0.1, -0.05) is 20.8 Å². The van der Waals surface area contributed by atoms with Gasteiger partial charge in [0.2, 0.25) is 5.91 Å². The summed E-state index contributed by atoms with van der Waals surface area (Å²) in [4.78, 5) is 22.2. The van der Waals surface area contributed by atoms with E-state index in [1.54, 1.807) is 24.3 Å². The lowest BCUT2D eigenvalue weighted by Gasteiger charge is -2.15. The van der Waals surface area contributed by atoms with E-state index >= 15 is 0 Å². The largest absolute Gasteiger partial charge is 0.482 e. The highest BCUT2D eigenvalue weighted by Gasteiger charge is 2.12. The van der Waals surface area contributed by atoms with Crippen LogP contribution >= 0.6 is 0 Å². The fourth-order valence-electron chi connectivity index (χ4n) is 1.52. The lowest BCUT2D eigenvalue weighted by Crippen LogP contribution is -2.17. The lowest BCUT2D eigenvalue weighted by molar-refractivity contribution is -0.139. The zero-order chi connectivity index (χ0) is 15.1. The number of carboxylic acid groups (broad SMARTS) is 1. The normalized spacial score (nSPS) is 12.0. The number of rotatable bonds is 7. The van der Waals surface area contributed by atoms with E-state index in [1.165, 1.54) is 0 Å². The molecule has 0 saturated carbocycles. The van der Waals surface area contributed by atoms with E-state index in [1.807, 2.05) is 6.92 Å². The van der Waals surface area contributed by atoms with Crippen LogP contribution in [0.25, 0.3) is 0 Å². The Morgan fingerprint density at radius 2 is 1.80 bits per heavy atom. The third-order valence-electron chi connectivity index (χ3n) is 3.15. The summed E-state index contributed by atoms with van der Waals surface area (Å²) in [6.07, 6.45) is 0.481. The van der Waals surface area contributed by atoms with Crippen molar-refractivity contribution < 1.29 is 19.4 Å². The van der Waals surface area contributed by atoms with Gasteiger partial charge in [0.25, 0.3) is 0 Å². The first-order chi connectivity index (χ1) is 9.38. The molecular weight excluding hydrogens is 258 g/mol.